The first kappa shape index (κ1) is 14.4. The number of nitrogens with zero attached hydrogens (tertiary/aromatic N) is 1. The van der Waals surface area contributed by atoms with Crippen molar-refractivity contribution in [2.75, 3.05) is 11.4 Å². The summed E-state index contributed by atoms with van der Waals surface area (Å²) in [5, 5.41) is 7.41. The molecule has 0 aromatic heterocycles. The molecule has 104 valence electrons. The van der Waals surface area contributed by atoms with Crippen LogP contribution in [0.2, 0.25) is 0 Å². The van der Waals surface area contributed by atoms with Crippen molar-refractivity contribution in [3.8, 4) is 0 Å². The third kappa shape index (κ3) is 2.78. The Morgan fingerprint density at radius 3 is 2.30 bits per heavy atom. The number of rotatable bonds is 2. The second kappa shape index (κ2) is 5.97. The molecule has 0 saturated heterocycles. The van der Waals surface area contributed by atoms with Crippen LogP contribution in [0.4, 0.5) is 5.69 Å². The Morgan fingerprint density at radius 1 is 1.00 bits per heavy atom. The van der Waals surface area contributed by atoms with E-state index in [9.17, 15) is 0 Å². The molecule has 0 fully saturated rings. The summed E-state index contributed by atoms with van der Waals surface area (Å²) in [4.78, 5) is 2.37. The van der Waals surface area contributed by atoms with Crippen molar-refractivity contribution in [3.05, 3.63) is 65.2 Å². The molecule has 2 aromatic carbocycles. The zero-order valence-corrected chi connectivity index (χ0v) is 12.0. The zero-order chi connectivity index (χ0) is 13.2. The predicted molar refractivity (Wildman–Crippen MR) is 85.9 cm³/mol. The molecule has 0 saturated carbocycles. The van der Waals surface area contributed by atoms with Crippen LogP contribution in [-0.2, 0) is 13.0 Å². The predicted octanol–water partition coefficient (Wildman–Crippen LogP) is 2.96. The molecule has 0 bridgehead atoms. The fourth-order valence-corrected chi connectivity index (χ4v) is 2.57. The third-order valence-corrected chi connectivity index (χ3v) is 3.67. The molecule has 3 rings (SSSR count). The van der Waals surface area contributed by atoms with E-state index in [1.807, 2.05) is 24.3 Å². The lowest BCUT2D eigenvalue weighted by molar-refractivity contribution is 0.732. The Balaban J connectivity index is 0.00000147. The van der Waals surface area contributed by atoms with Gasteiger partial charge < -0.3 is 10.6 Å². The number of nitrogens with two attached hydrogens (primary N) is 1. The Bertz CT molecular complexity index is 607. The first-order valence-corrected chi connectivity index (χ1v) is 6.50. The number of nitrogen functional groups attached to an aromatic ring is 1. The molecule has 0 spiro atoms. The monoisotopic (exact) mass is 287 g/mol. The minimum Gasteiger partial charge on any atom is -0.384 e. The average Bonchev–Trinajstić information content (AvgIpc) is 2.47. The smallest absolute Gasteiger partial charge is 0.122 e. The summed E-state index contributed by atoms with van der Waals surface area (Å²) in [6.45, 7) is 1.99. The number of halogens is 1. The van der Waals surface area contributed by atoms with Crippen molar-refractivity contribution in [1.29, 1.82) is 5.41 Å². The van der Waals surface area contributed by atoms with Crippen LogP contribution in [-0.4, -0.2) is 12.4 Å². The lowest BCUT2D eigenvalue weighted by Gasteiger charge is -2.30. The molecule has 0 amide bonds. The first-order chi connectivity index (χ1) is 9.24. The molecular formula is C16H18ClN3. The van der Waals surface area contributed by atoms with Crippen molar-refractivity contribution in [2.24, 2.45) is 5.73 Å². The molecule has 0 aliphatic carbocycles. The van der Waals surface area contributed by atoms with E-state index in [-0.39, 0.29) is 18.2 Å². The molecule has 1 heterocycles. The highest BCUT2D eigenvalue weighted by Gasteiger charge is 2.15. The minimum atomic E-state index is 0. The van der Waals surface area contributed by atoms with Gasteiger partial charge in [-0.2, -0.15) is 0 Å². The number of hydrogen-bond acceptors (Lipinski definition) is 2. The van der Waals surface area contributed by atoms with Gasteiger partial charge in [0.2, 0.25) is 0 Å². The summed E-state index contributed by atoms with van der Waals surface area (Å²) in [7, 11) is 0. The Kier molecular flexibility index (Phi) is 4.30. The second-order valence-corrected chi connectivity index (χ2v) is 4.90. The van der Waals surface area contributed by atoms with Crippen LogP contribution in [0.3, 0.4) is 0 Å². The number of anilines is 1. The van der Waals surface area contributed by atoms with E-state index in [2.05, 4.69) is 29.2 Å². The molecule has 3 N–H and O–H groups in total. The summed E-state index contributed by atoms with van der Waals surface area (Å²) in [6, 6.07) is 16.5. The first-order valence-electron chi connectivity index (χ1n) is 6.50. The molecule has 0 radical (unpaired) electrons. The SMILES string of the molecule is Cl.N=C(N)c1ccc(N2CCc3ccccc3C2)cc1. The average molecular weight is 288 g/mol. The number of fused-ring (bicyclic) bond motifs is 1. The van der Waals surface area contributed by atoms with Crippen LogP contribution in [0.1, 0.15) is 16.7 Å². The maximum Gasteiger partial charge on any atom is 0.122 e. The van der Waals surface area contributed by atoms with Crippen LogP contribution in [0.15, 0.2) is 48.5 Å². The summed E-state index contributed by atoms with van der Waals surface area (Å²) >= 11 is 0. The lowest BCUT2D eigenvalue weighted by Crippen LogP contribution is -2.30. The van der Waals surface area contributed by atoms with Gasteiger partial charge in [-0.05, 0) is 41.8 Å². The quantitative estimate of drug-likeness (QED) is 0.659. The van der Waals surface area contributed by atoms with Crippen molar-refractivity contribution >= 4 is 23.9 Å². The normalized spacial score (nSPS) is 13.3. The van der Waals surface area contributed by atoms with Crippen LogP contribution >= 0.6 is 12.4 Å². The van der Waals surface area contributed by atoms with Gasteiger partial charge in [-0.25, -0.2) is 0 Å². The molecular weight excluding hydrogens is 270 g/mol. The van der Waals surface area contributed by atoms with E-state index >= 15 is 0 Å². The molecule has 0 atom stereocenters. The maximum atomic E-state index is 7.41. The number of nitrogens with one attached hydrogen (secondary N) is 1. The molecule has 0 unspecified atom stereocenters. The molecule has 3 nitrogen and oxygen atoms in total. The van der Waals surface area contributed by atoms with Crippen LogP contribution < -0.4 is 10.6 Å². The largest absolute Gasteiger partial charge is 0.384 e. The Labute approximate surface area is 125 Å². The molecule has 20 heavy (non-hydrogen) atoms. The molecule has 4 heteroatoms. The van der Waals surface area contributed by atoms with Gasteiger partial charge in [-0.3, -0.25) is 5.41 Å². The molecule has 1 aliphatic rings. The van der Waals surface area contributed by atoms with Crippen LogP contribution in [0.5, 0.6) is 0 Å². The van der Waals surface area contributed by atoms with Gasteiger partial charge in [0.25, 0.3) is 0 Å². The van der Waals surface area contributed by atoms with Gasteiger partial charge in [0, 0.05) is 24.3 Å². The van der Waals surface area contributed by atoms with Gasteiger partial charge in [0.15, 0.2) is 0 Å². The summed E-state index contributed by atoms with van der Waals surface area (Å²) < 4.78 is 0. The Morgan fingerprint density at radius 2 is 1.65 bits per heavy atom. The van der Waals surface area contributed by atoms with Crippen LogP contribution in [0, 0.1) is 5.41 Å². The highest BCUT2D eigenvalue weighted by molar-refractivity contribution is 5.95. The lowest BCUT2D eigenvalue weighted by atomic mass is 9.99. The van der Waals surface area contributed by atoms with E-state index in [1.165, 1.54) is 16.8 Å². The van der Waals surface area contributed by atoms with Gasteiger partial charge in [-0.15, -0.1) is 12.4 Å². The van der Waals surface area contributed by atoms with Gasteiger partial charge >= 0.3 is 0 Å². The van der Waals surface area contributed by atoms with Crippen molar-refractivity contribution in [1.82, 2.24) is 0 Å². The third-order valence-electron chi connectivity index (χ3n) is 3.67. The van der Waals surface area contributed by atoms with E-state index in [0.29, 0.717) is 0 Å². The van der Waals surface area contributed by atoms with E-state index in [1.54, 1.807) is 0 Å². The number of amidine groups is 1. The van der Waals surface area contributed by atoms with Gasteiger partial charge in [-0.1, -0.05) is 24.3 Å². The summed E-state index contributed by atoms with van der Waals surface area (Å²) in [5.41, 5.74) is 10.3. The maximum absolute atomic E-state index is 7.41. The zero-order valence-electron chi connectivity index (χ0n) is 11.2. The van der Waals surface area contributed by atoms with Gasteiger partial charge in [0.05, 0.1) is 0 Å². The van der Waals surface area contributed by atoms with Crippen molar-refractivity contribution in [3.63, 3.8) is 0 Å². The molecule has 1 aliphatic heterocycles. The van der Waals surface area contributed by atoms with E-state index in [4.69, 9.17) is 11.1 Å². The fourth-order valence-electron chi connectivity index (χ4n) is 2.57. The second-order valence-electron chi connectivity index (χ2n) is 4.90. The van der Waals surface area contributed by atoms with Crippen molar-refractivity contribution in [2.45, 2.75) is 13.0 Å². The highest BCUT2D eigenvalue weighted by atomic mass is 35.5. The van der Waals surface area contributed by atoms with Gasteiger partial charge in [0.1, 0.15) is 5.84 Å². The van der Waals surface area contributed by atoms with E-state index in [0.717, 1.165) is 25.1 Å². The fraction of sp³-hybridized carbons (Fsp3) is 0.188. The number of benzene rings is 2. The van der Waals surface area contributed by atoms with Crippen molar-refractivity contribution < 1.29 is 0 Å². The topological polar surface area (TPSA) is 53.1 Å². The Hall–Kier alpha value is -2.00. The minimum absolute atomic E-state index is 0. The van der Waals surface area contributed by atoms with Crippen LogP contribution in [0.25, 0.3) is 0 Å². The highest BCUT2D eigenvalue weighted by Crippen LogP contribution is 2.24. The number of hydrogen-bond donors (Lipinski definition) is 2. The summed E-state index contributed by atoms with van der Waals surface area (Å²) in [5.74, 6) is 0.121. The summed E-state index contributed by atoms with van der Waals surface area (Å²) in [6.07, 6.45) is 1.09. The molecule has 2 aromatic rings. The van der Waals surface area contributed by atoms with E-state index < -0.39 is 0 Å². The standard InChI is InChI=1S/C16H17N3.ClH/c17-16(18)13-5-7-15(8-6-13)19-10-9-12-3-1-2-4-14(12)11-19;/h1-8H,9-11H2,(H3,17,18);1H.